The highest BCUT2D eigenvalue weighted by molar-refractivity contribution is 5.94. The van der Waals surface area contributed by atoms with Gasteiger partial charge in [0.1, 0.15) is 17.4 Å². The molecule has 1 fully saturated rings. The molecular formula is C26H29FN4O2. The van der Waals surface area contributed by atoms with Crippen LogP contribution in [0.1, 0.15) is 58.3 Å². The maximum Gasteiger partial charge on any atom is 0.254 e. The van der Waals surface area contributed by atoms with E-state index in [0.29, 0.717) is 17.8 Å². The minimum absolute atomic E-state index is 0.0960. The molecule has 1 amide bonds. The zero-order valence-electron chi connectivity index (χ0n) is 19.1. The summed E-state index contributed by atoms with van der Waals surface area (Å²) in [6.07, 6.45) is 4.85. The standard InChI is InChI=1S/C26H29FN4O2/c1-18-22(26(32)29-15-19-10-12-21(27)13-11-19)16-28-25(30-18)23-8-5-6-14-31(23)17-20-7-3-4-9-24(20)33-2/h3-4,7,9-13,16,23H,5-6,8,14-15,17H2,1-2H3,(H,29,32)/t23-/m0/s1. The Kier molecular flexibility index (Phi) is 7.29. The number of carbonyl (C=O) groups excluding carboxylic acids is 1. The average Bonchev–Trinajstić information content (AvgIpc) is 2.84. The van der Waals surface area contributed by atoms with Crippen molar-refractivity contribution in [2.45, 2.75) is 45.3 Å². The van der Waals surface area contributed by atoms with Crippen LogP contribution in [0.15, 0.2) is 54.7 Å². The van der Waals surface area contributed by atoms with Crippen molar-refractivity contribution in [2.75, 3.05) is 13.7 Å². The fraction of sp³-hybridized carbons (Fsp3) is 0.346. The lowest BCUT2D eigenvalue weighted by Gasteiger charge is -2.35. The van der Waals surface area contributed by atoms with E-state index in [0.717, 1.165) is 55.1 Å². The van der Waals surface area contributed by atoms with E-state index in [1.165, 1.54) is 12.1 Å². The minimum Gasteiger partial charge on any atom is -0.496 e. The van der Waals surface area contributed by atoms with Gasteiger partial charge in [-0.15, -0.1) is 0 Å². The molecular weight excluding hydrogens is 419 g/mol. The van der Waals surface area contributed by atoms with E-state index in [1.807, 2.05) is 25.1 Å². The van der Waals surface area contributed by atoms with E-state index in [4.69, 9.17) is 9.72 Å². The van der Waals surface area contributed by atoms with Gasteiger partial charge in [-0.1, -0.05) is 36.8 Å². The van der Waals surface area contributed by atoms with Crippen molar-refractivity contribution in [3.8, 4) is 5.75 Å². The Bertz CT molecular complexity index is 1100. The highest BCUT2D eigenvalue weighted by Gasteiger charge is 2.27. The number of methoxy groups -OCH3 is 1. The van der Waals surface area contributed by atoms with E-state index in [-0.39, 0.29) is 17.8 Å². The second-order valence-corrected chi connectivity index (χ2v) is 8.33. The van der Waals surface area contributed by atoms with Crippen LogP contribution in [-0.4, -0.2) is 34.4 Å². The van der Waals surface area contributed by atoms with Gasteiger partial charge in [0.15, 0.2) is 0 Å². The Morgan fingerprint density at radius 2 is 1.97 bits per heavy atom. The molecule has 3 aromatic rings. The number of benzene rings is 2. The molecule has 0 saturated carbocycles. The Morgan fingerprint density at radius 3 is 2.73 bits per heavy atom. The molecule has 0 bridgehead atoms. The fourth-order valence-electron chi connectivity index (χ4n) is 4.27. The number of likely N-dealkylation sites (tertiary alicyclic amines) is 1. The number of hydrogen-bond donors (Lipinski definition) is 1. The number of amides is 1. The minimum atomic E-state index is -0.299. The van der Waals surface area contributed by atoms with Crippen molar-refractivity contribution in [1.29, 1.82) is 0 Å². The van der Waals surface area contributed by atoms with E-state index in [9.17, 15) is 9.18 Å². The molecule has 1 N–H and O–H groups in total. The summed E-state index contributed by atoms with van der Waals surface area (Å²) < 4.78 is 18.6. The molecule has 0 radical (unpaired) electrons. The predicted octanol–water partition coefficient (Wildman–Crippen LogP) is 4.59. The Balaban J connectivity index is 1.47. The van der Waals surface area contributed by atoms with Gasteiger partial charge in [-0.25, -0.2) is 14.4 Å². The number of rotatable bonds is 7. The molecule has 172 valence electrons. The molecule has 1 saturated heterocycles. The number of halogens is 1. The van der Waals surface area contributed by atoms with Gasteiger partial charge in [-0.2, -0.15) is 0 Å². The van der Waals surface area contributed by atoms with Gasteiger partial charge in [-0.3, -0.25) is 9.69 Å². The molecule has 4 rings (SSSR count). The maximum atomic E-state index is 13.1. The number of aryl methyl sites for hydroxylation is 1. The molecule has 1 atom stereocenters. The summed E-state index contributed by atoms with van der Waals surface area (Å²) >= 11 is 0. The Labute approximate surface area is 193 Å². The summed E-state index contributed by atoms with van der Waals surface area (Å²) in [5.74, 6) is 1.09. The highest BCUT2D eigenvalue weighted by Crippen LogP contribution is 2.32. The number of piperidine rings is 1. The van der Waals surface area contributed by atoms with Gasteiger partial charge in [0.2, 0.25) is 0 Å². The van der Waals surface area contributed by atoms with Crippen LogP contribution in [-0.2, 0) is 13.1 Å². The van der Waals surface area contributed by atoms with Crippen molar-refractivity contribution >= 4 is 5.91 Å². The van der Waals surface area contributed by atoms with Crippen molar-refractivity contribution in [2.24, 2.45) is 0 Å². The number of hydrogen-bond acceptors (Lipinski definition) is 5. The van der Waals surface area contributed by atoms with Crippen molar-refractivity contribution < 1.29 is 13.9 Å². The number of para-hydroxylation sites is 1. The van der Waals surface area contributed by atoms with Gasteiger partial charge in [0.05, 0.1) is 24.4 Å². The lowest BCUT2D eigenvalue weighted by Crippen LogP contribution is -2.34. The fourth-order valence-corrected chi connectivity index (χ4v) is 4.27. The molecule has 0 aliphatic carbocycles. The molecule has 33 heavy (non-hydrogen) atoms. The summed E-state index contributed by atoms with van der Waals surface area (Å²) in [7, 11) is 1.69. The van der Waals surface area contributed by atoms with Crippen LogP contribution >= 0.6 is 0 Å². The first-order chi connectivity index (χ1) is 16.0. The summed E-state index contributed by atoms with van der Waals surface area (Å²) in [5, 5.41) is 2.86. The summed E-state index contributed by atoms with van der Waals surface area (Å²) in [5.41, 5.74) is 3.07. The van der Waals surface area contributed by atoms with Crippen molar-refractivity contribution in [3.05, 3.63) is 88.8 Å². The van der Waals surface area contributed by atoms with Crippen LogP contribution in [0.3, 0.4) is 0 Å². The van der Waals surface area contributed by atoms with Crippen LogP contribution in [0, 0.1) is 12.7 Å². The third-order valence-electron chi connectivity index (χ3n) is 6.09. The van der Waals surface area contributed by atoms with Gasteiger partial charge in [-0.05, 0) is 50.1 Å². The van der Waals surface area contributed by atoms with E-state index >= 15 is 0 Å². The summed E-state index contributed by atoms with van der Waals surface area (Å²) in [6.45, 7) is 3.88. The number of nitrogens with one attached hydrogen (secondary N) is 1. The van der Waals surface area contributed by atoms with Gasteiger partial charge in [0, 0.05) is 24.8 Å². The second-order valence-electron chi connectivity index (χ2n) is 8.33. The third kappa shape index (κ3) is 5.54. The molecule has 1 aliphatic rings. The van der Waals surface area contributed by atoms with E-state index in [2.05, 4.69) is 21.3 Å². The molecule has 0 unspecified atom stereocenters. The largest absolute Gasteiger partial charge is 0.496 e. The normalized spacial score (nSPS) is 16.4. The molecule has 6 nitrogen and oxygen atoms in total. The van der Waals surface area contributed by atoms with Crippen LogP contribution < -0.4 is 10.1 Å². The third-order valence-corrected chi connectivity index (χ3v) is 6.09. The van der Waals surface area contributed by atoms with Crippen LogP contribution in [0.2, 0.25) is 0 Å². The second kappa shape index (κ2) is 10.5. The molecule has 2 heterocycles. The number of nitrogens with zero attached hydrogens (tertiary/aromatic N) is 3. The Morgan fingerprint density at radius 1 is 1.18 bits per heavy atom. The number of aromatic nitrogens is 2. The van der Waals surface area contributed by atoms with Crippen LogP contribution in [0.4, 0.5) is 4.39 Å². The lowest BCUT2D eigenvalue weighted by molar-refractivity contribution is 0.0948. The molecule has 0 spiro atoms. The molecule has 1 aromatic heterocycles. The maximum absolute atomic E-state index is 13.1. The first-order valence-electron chi connectivity index (χ1n) is 11.3. The lowest BCUT2D eigenvalue weighted by atomic mass is 10.00. The highest BCUT2D eigenvalue weighted by atomic mass is 19.1. The first-order valence-corrected chi connectivity index (χ1v) is 11.3. The Hall–Kier alpha value is -3.32. The predicted molar refractivity (Wildman–Crippen MR) is 124 cm³/mol. The summed E-state index contributed by atoms with van der Waals surface area (Å²) in [6, 6.07) is 14.2. The van der Waals surface area contributed by atoms with E-state index in [1.54, 1.807) is 25.4 Å². The monoisotopic (exact) mass is 448 g/mol. The molecule has 1 aliphatic heterocycles. The number of ether oxygens (including phenoxy) is 1. The average molecular weight is 449 g/mol. The quantitative estimate of drug-likeness (QED) is 0.573. The van der Waals surface area contributed by atoms with Crippen LogP contribution in [0.5, 0.6) is 5.75 Å². The van der Waals surface area contributed by atoms with Crippen molar-refractivity contribution in [3.63, 3.8) is 0 Å². The number of carbonyl (C=O) groups is 1. The molecule has 2 aromatic carbocycles. The summed E-state index contributed by atoms with van der Waals surface area (Å²) in [4.78, 5) is 24.4. The zero-order valence-corrected chi connectivity index (χ0v) is 19.1. The van der Waals surface area contributed by atoms with Crippen LogP contribution in [0.25, 0.3) is 0 Å². The topological polar surface area (TPSA) is 67.3 Å². The SMILES string of the molecule is COc1ccccc1CN1CCCC[C@H]1c1ncc(C(=O)NCc2ccc(F)cc2)c(C)n1. The molecule has 7 heteroatoms. The zero-order chi connectivity index (χ0) is 23.2. The first kappa shape index (κ1) is 22.9. The smallest absolute Gasteiger partial charge is 0.254 e. The van der Waals surface area contributed by atoms with Gasteiger partial charge in [0.25, 0.3) is 5.91 Å². The van der Waals surface area contributed by atoms with Gasteiger partial charge >= 0.3 is 0 Å². The van der Waals surface area contributed by atoms with E-state index < -0.39 is 0 Å². The van der Waals surface area contributed by atoms with Crippen molar-refractivity contribution in [1.82, 2.24) is 20.2 Å². The van der Waals surface area contributed by atoms with Gasteiger partial charge < -0.3 is 10.1 Å².